The average Bonchev–Trinajstić information content (AvgIpc) is 2.33. The zero-order valence-corrected chi connectivity index (χ0v) is 10.4. The summed E-state index contributed by atoms with van der Waals surface area (Å²) in [6.45, 7) is 6.99. The van der Waals surface area contributed by atoms with Crippen molar-refractivity contribution in [3.63, 3.8) is 0 Å². The maximum atomic E-state index is 11.5. The summed E-state index contributed by atoms with van der Waals surface area (Å²) in [5.74, 6) is 0.257. The number of esters is 1. The van der Waals surface area contributed by atoms with Crippen molar-refractivity contribution in [2.24, 2.45) is 0 Å². The van der Waals surface area contributed by atoms with Gasteiger partial charge in [-0.3, -0.25) is 0 Å². The molecular weight excluding hydrogens is 228 g/mol. The van der Waals surface area contributed by atoms with Gasteiger partial charge in [0.15, 0.2) is 0 Å². The van der Waals surface area contributed by atoms with Crippen LogP contribution in [-0.4, -0.2) is 11.1 Å². The van der Waals surface area contributed by atoms with Crippen LogP contribution in [0.2, 0.25) is 0 Å². The standard InChI is InChI=1S/C15H14O3/c1-9(2)15(17)18-14-8-7-12-11(10(14)3)5-4-6-13(12)16/h4-8,16H,1H2,2-3H3. The highest BCUT2D eigenvalue weighted by Crippen LogP contribution is 2.32. The number of phenols is 1. The Morgan fingerprint density at radius 1 is 1.22 bits per heavy atom. The predicted octanol–water partition coefficient (Wildman–Crippen LogP) is 3.34. The second-order valence-corrected chi connectivity index (χ2v) is 4.23. The second-order valence-electron chi connectivity index (χ2n) is 4.23. The van der Waals surface area contributed by atoms with E-state index in [4.69, 9.17) is 4.74 Å². The Balaban J connectivity index is 2.52. The highest BCUT2D eigenvalue weighted by molar-refractivity contribution is 5.94. The molecule has 3 nitrogen and oxygen atoms in total. The molecule has 0 bridgehead atoms. The summed E-state index contributed by atoms with van der Waals surface area (Å²) in [5, 5.41) is 11.3. The van der Waals surface area contributed by atoms with Crippen LogP contribution in [0, 0.1) is 6.92 Å². The summed E-state index contributed by atoms with van der Waals surface area (Å²) < 4.78 is 5.23. The molecular formula is C15H14O3. The molecule has 2 rings (SSSR count). The molecule has 0 amide bonds. The Morgan fingerprint density at radius 2 is 1.94 bits per heavy atom. The minimum absolute atomic E-state index is 0.216. The quantitative estimate of drug-likeness (QED) is 0.499. The molecule has 0 atom stereocenters. The van der Waals surface area contributed by atoms with E-state index in [2.05, 4.69) is 6.58 Å². The van der Waals surface area contributed by atoms with Gasteiger partial charge in [-0.2, -0.15) is 0 Å². The van der Waals surface area contributed by atoms with Gasteiger partial charge in [-0.15, -0.1) is 0 Å². The first-order valence-corrected chi connectivity index (χ1v) is 5.59. The highest BCUT2D eigenvalue weighted by Gasteiger charge is 2.11. The van der Waals surface area contributed by atoms with E-state index in [-0.39, 0.29) is 5.75 Å². The smallest absolute Gasteiger partial charge is 0.338 e. The number of hydrogen-bond acceptors (Lipinski definition) is 3. The van der Waals surface area contributed by atoms with Crippen LogP contribution in [0.3, 0.4) is 0 Å². The van der Waals surface area contributed by atoms with Crippen molar-refractivity contribution >= 4 is 16.7 Å². The number of carbonyl (C=O) groups excluding carboxylic acids is 1. The number of phenolic OH excluding ortho intramolecular Hbond substituents is 1. The van der Waals surface area contributed by atoms with Gasteiger partial charge in [0.2, 0.25) is 0 Å². The van der Waals surface area contributed by atoms with E-state index in [1.165, 1.54) is 0 Å². The van der Waals surface area contributed by atoms with Crippen molar-refractivity contribution < 1.29 is 14.6 Å². The van der Waals surface area contributed by atoms with E-state index in [1.54, 1.807) is 31.2 Å². The molecule has 2 aromatic carbocycles. The summed E-state index contributed by atoms with van der Waals surface area (Å²) >= 11 is 0. The first kappa shape index (κ1) is 12.2. The third-order valence-electron chi connectivity index (χ3n) is 2.81. The summed E-state index contributed by atoms with van der Waals surface area (Å²) in [5.41, 5.74) is 1.17. The maximum Gasteiger partial charge on any atom is 0.338 e. The normalized spacial score (nSPS) is 10.3. The Kier molecular flexibility index (Phi) is 3.06. The fourth-order valence-corrected chi connectivity index (χ4v) is 1.77. The monoisotopic (exact) mass is 242 g/mol. The van der Waals surface area contributed by atoms with Gasteiger partial charge in [-0.05, 0) is 43.0 Å². The number of rotatable bonds is 2. The second kappa shape index (κ2) is 4.53. The molecule has 18 heavy (non-hydrogen) atoms. The van der Waals surface area contributed by atoms with Crippen molar-refractivity contribution in [2.45, 2.75) is 13.8 Å². The van der Waals surface area contributed by atoms with Crippen molar-refractivity contribution in [3.05, 3.63) is 48.0 Å². The fourth-order valence-electron chi connectivity index (χ4n) is 1.77. The fraction of sp³-hybridized carbons (Fsp3) is 0.133. The SMILES string of the molecule is C=C(C)C(=O)Oc1ccc2c(O)cccc2c1C. The minimum atomic E-state index is -0.447. The Hall–Kier alpha value is -2.29. The predicted molar refractivity (Wildman–Crippen MR) is 70.8 cm³/mol. The van der Waals surface area contributed by atoms with Crippen LogP contribution in [0.15, 0.2) is 42.5 Å². The van der Waals surface area contributed by atoms with Gasteiger partial charge >= 0.3 is 5.97 Å². The van der Waals surface area contributed by atoms with Crippen molar-refractivity contribution in [2.75, 3.05) is 0 Å². The number of carbonyl (C=O) groups is 1. The lowest BCUT2D eigenvalue weighted by Crippen LogP contribution is -2.09. The molecule has 0 heterocycles. The minimum Gasteiger partial charge on any atom is -0.507 e. The Bertz CT molecular complexity index is 641. The van der Waals surface area contributed by atoms with Gasteiger partial charge < -0.3 is 9.84 Å². The van der Waals surface area contributed by atoms with Gasteiger partial charge in [0.25, 0.3) is 0 Å². The van der Waals surface area contributed by atoms with Crippen LogP contribution in [0.1, 0.15) is 12.5 Å². The van der Waals surface area contributed by atoms with Crippen LogP contribution < -0.4 is 4.74 Å². The van der Waals surface area contributed by atoms with Gasteiger partial charge in [-0.1, -0.05) is 18.7 Å². The molecule has 0 spiro atoms. The Labute approximate surface area is 105 Å². The zero-order valence-electron chi connectivity index (χ0n) is 10.4. The molecule has 0 radical (unpaired) electrons. The number of aryl methyl sites for hydroxylation is 1. The maximum absolute atomic E-state index is 11.5. The van der Waals surface area contributed by atoms with Gasteiger partial charge in [0.05, 0.1) is 0 Å². The lowest BCUT2D eigenvalue weighted by molar-refractivity contribution is -0.130. The van der Waals surface area contributed by atoms with Crippen molar-refractivity contribution in [1.82, 2.24) is 0 Å². The molecule has 0 aliphatic carbocycles. The van der Waals surface area contributed by atoms with Crippen molar-refractivity contribution in [3.8, 4) is 11.5 Å². The molecule has 0 fully saturated rings. The molecule has 2 aromatic rings. The first-order chi connectivity index (χ1) is 8.50. The third-order valence-corrected chi connectivity index (χ3v) is 2.81. The summed E-state index contributed by atoms with van der Waals surface area (Å²) in [6.07, 6.45) is 0. The van der Waals surface area contributed by atoms with Gasteiger partial charge in [0.1, 0.15) is 11.5 Å². The van der Waals surface area contributed by atoms with E-state index in [0.717, 1.165) is 16.3 Å². The summed E-state index contributed by atoms with van der Waals surface area (Å²) in [7, 11) is 0. The molecule has 0 aliphatic rings. The van der Waals surface area contributed by atoms with Crippen LogP contribution in [0.25, 0.3) is 10.8 Å². The molecule has 1 N–H and O–H groups in total. The average molecular weight is 242 g/mol. The molecule has 0 aliphatic heterocycles. The number of benzene rings is 2. The molecule has 0 unspecified atom stereocenters. The molecule has 3 heteroatoms. The van der Waals surface area contributed by atoms with Crippen LogP contribution >= 0.6 is 0 Å². The summed E-state index contributed by atoms with van der Waals surface area (Å²) in [6, 6.07) is 8.68. The molecule has 0 saturated carbocycles. The highest BCUT2D eigenvalue weighted by atomic mass is 16.5. The zero-order chi connectivity index (χ0) is 13.3. The van der Waals surface area contributed by atoms with E-state index < -0.39 is 5.97 Å². The number of aromatic hydroxyl groups is 1. The van der Waals surface area contributed by atoms with Crippen LogP contribution in [0.4, 0.5) is 0 Å². The molecule has 0 aromatic heterocycles. The van der Waals surface area contributed by atoms with E-state index in [9.17, 15) is 9.90 Å². The lowest BCUT2D eigenvalue weighted by Gasteiger charge is -2.10. The van der Waals surface area contributed by atoms with Gasteiger partial charge in [-0.25, -0.2) is 4.79 Å². The van der Waals surface area contributed by atoms with E-state index in [1.807, 2.05) is 13.0 Å². The van der Waals surface area contributed by atoms with E-state index in [0.29, 0.717) is 11.3 Å². The number of ether oxygens (including phenoxy) is 1. The van der Waals surface area contributed by atoms with Crippen molar-refractivity contribution in [1.29, 1.82) is 0 Å². The van der Waals surface area contributed by atoms with Crippen LogP contribution in [-0.2, 0) is 4.79 Å². The number of hydrogen-bond donors (Lipinski definition) is 1. The van der Waals surface area contributed by atoms with Crippen LogP contribution in [0.5, 0.6) is 11.5 Å². The largest absolute Gasteiger partial charge is 0.507 e. The topological polar surface area (TPSA) is 46.5 Å². The first-order valence-electron chi connectivity index (χ1n) is 5.59. The molecule has 92 valence electrons. The lowest BCUT2D eigenvalue weighted by atomic mass is 10.0. The van der Waals surface area contributed by atoms with E-state index >= 15 is 0 Å². The number of fused-ring (bicyclic) bond motifs is 1. The third kappa shape index (κ3) is 2.07. The van der Waals surface area contributed by atoms with Gasteiger partial charge in [0, 0.05) is 11.0 Å². The molecule has 0 saturated heterocycles. The summed E-state index contributed by atoms with van der Waals surface area (Å²) in [4.78, 5) is 11.5. The Morgan fingerprint density at radius 3 is 2.61 bits per heavy atom.